The third-order valence-electron chi connectivity index (χ3n) is 5.69. The molecule has 162 valence electrons. The molecule has 3 N–H and O–H groups in total. The molecular formula is C24H20N8O. The van der Waals surface area contributed by atoms with Gasteiger partial charge >= 0.3 is 0 Å². The first kappa shape index (κ1) is 20.4. The summed E-state index contributed by atoms with van der Waals surface area (Å²) in [4.78, 5) is 12.2. The van der Waals surface area contributed by atoms with E-state index in [2.05, 4.69) is 26.5 Å². The first-order valence-electron chi connectivity index (χ1n) is 10.3. The molecule has 0 aliphatic rings. The van der Waals surface area contributed by atoms with Crippen molar-refractivity contribution < 1.29 is 0 Å². The summed E-state index contributed by atoms with van der Waals surface area (Å²) in [5.74, 6) is 0. The molecule has 0 bridgehead atoms. The summed E-state index contributed by atoms with van der Waals surface area (Å²) in [5.41, 5.74) is 10.8. The highest BCUT2D eigenvalue weighted by molar-refractivity contribution is 5.91. The van der Waals surface area contributed by atoms with E-state index in [0.29, 0.717) is 34.3 Å². The summed E-state index contributed by atoms with van der Waals surface area (Å²) in [6.07, 6.45) is 3.44. The maximum absolute atomic E-state index is 12.2. The Labute approximate surface area is 188 Å². The number of hydrogen-bond donors (Lipinski definition) is 2. The van der Waals surface area contributed by atoms with E-state index in [1.165, 1.54) is 0 Å². The van der Waals surface area contributed by atoms with Gasteiger partial charge < -0.3 is 5.73 Å². The molecule has 0 saturated carbocycles. The quantitative estimate of drug-likeness (QED) is 0.435. The molecule has 0 spiro atoms. The summed E-state index contributed by atoms with van der Waals surface area (Å²) in [7, 11) is 1.83. The van der Waals surface area contributed by atoms with Gasteiger partial charge in [0, 0.05) is 24.5 Å². The Hall–Kier alpha value is -4.55. The largest absolute Gasteiger partial charge is 0.325 e. The molecule has 9 heteroatoms. The lowest BCUT2D eigenvalue weighted by Crippen LogP contribution is -2.13. The number of aryl methyl sites for hydroxylation is 1. The molecule has 0 amide bonds. The van der Waals surface area contributed by atoms with E-state index in [-0.39, 0.29) is 12.1 Å². The SMILES string of the molecule is Cn1ncc(-c2ccc3c(=O)[nH]nc(CN)c3c2)c1-c1cnn(Cc2ccccc2)c1C#N. The van der Waals surface area contributed by atoms with Crippen molar-refractivity contribution in [3.05, 3.63) is 88.2 Å². The van der Waals surface area contributed by atoms with Gasteiger partial charge in [0.15, 0.2) is 0 Å². The van der Waals surface area contributed by atoms with Gasteiger partial charge in [-0.25, -0.2) is 9.78 Å². The van der Waals surface area contributed by atoms with E-state index >= 15 is 0 Å². The van der Waals surface area contributed by atoms with Gasteiger partial charge in [0.05, 0.1) is 41.3 Å². The van der Waals surface area contributed by atoms with Crippen molar-refractivity contribution >= 4 is 10.8 Å². The summed E-state index contributed by atoms with van der Waals surface area (Å²) in [6, 6.07) is 17.7. The summed E-state index contributed by atoms with van der Waals surface area (Å²) < 4.78 is 3.42. The van der Waals surface area contributed by atoms with E-state index in [1.807, 2.05) is 49.5 Å². The minimum atomic E-state index is -0.269. The molecule has 0 aliphatic heterocycles. The molecule has 0 atom stereocenters. The van der Waals surface area contributed by atoms with Gasteiger partial charge in [-0.2, -0.15) is 20.6 Å². The zero-order valence-corrected chi connectivity index (χ0v) is 17.9. The zero-order chi connectivity index (χ0) is 22.9. The molecule has 0 fully saturated rings. The second-order valence-corrected chi connectivity index (χ2v) is 7.66. The number of nitriles is 1. The summed E-state index contributed by atoms with van der Waals surface area (Å²) in [6.45, 7) is 0.683. The van der Waals surface area contributed by atoms with Crippen LogP contribution in [0.4, 0.5) is 0 Å². The Bertz CT molecular complexity index is 1570. The van der Waals surface area contributed by atoms with Crippen LogP contribution in [0.3, 0.4) is 0 Å². The van der Waals surface area contributed by atoms with E-state index in [0.717, 1.165) is 22.4 Å². The lowest BCUT2D eigenvalue weighted by molar-refractivity contribution is 0.677. The molecular weight excluding hydrogens is 416 g/mol. The van der Waals surface area contributed by atoms with Gasteiger partial charge in [-0.3, -0.25) is 9.48 Å². The fourth-order valence-corrected chi connectivity index (χ4v) is 4.06. The molecule has 0 unspecified atom stereocenters. The monoisotopic (exact) mass is 436 g/mol. The molecule has 9 nitrogen and oxygen atoms in total. The molecule has 0 saturated heterocycles. The minimum Gasteiger partial charge on any atom is -0.325 e. The van der Waals surface area contributed by atoms with Gasteiger partial charge in [-0.15, -0.1) is 0 Å². The van der Waals surface area contributed by atoms with Crippen molar-refractivity contribution in [2.75, 3.05) is 0 Å². The van der Waals surface area contributed by atoms with Crippen LogP contribution in [0, 0.1) is 11.3 Å². The smallest absolute Gasteiger partial charge is 0.272 e. The predicted molar refractivity (Wildman–Crippen MR) is 124 cm³/mol. The second-order valence-electron chi connectivity index (χ2n) is 7.66. The second kappa shape index (κ2) is 8.18. The van der Waals surface area contributed by atoms with Crippen molar-refractivity contribution in [1.82, 2.24) is 29.8 Å². The number of rotatable bonds is 5. The fourth-order valence-electron chi connectivity index (χ4n) is 4.06. The Balaban J connectivity index is 1.65. The molecule has 2 aromatic carbocycles. The van der Waals surface area contributed by atoms with E-state index in [9.17, 15) is 10.1 Å². The van der Waals surface area contributed by atoms with Crippen molar-refractivity contribution in [2.45, 2.75) is 13.1 Å². The van der Waals surface area contributed by atoms with E-state index < -0.39 is 0 Å². The third-order valence-corrected chi connectivity index (χ3v) is 5.69. The van der Waals surface area contributed by atoms with E-state index in [4.69, 9.17) is 5.73 Å². The van der Waals surface area contributed by atoms with Crippen molar-refractivity contribution in [3.8, 4) is 28.5 Å². The number of nitrogens with two attached hydrogens (primary N) is 1. The highest BCUT2D eigenvalue weighted by Gasteiger charge is 2.21. The van der Waals surface area contributed by atoms with Gasteiger partial charge in [-0.1, -0.05) is 36.4 Å². The van der Waals surface area contributed by atoms with Gasteiger partial charge in [0.1, 0.15) is 11.8 Å². The van der Waals surface area contributed by atoms with Crippen LogP contribution in [0.5, 0.6) is 0 Å². The normalized spacial score (nSPS) is 11.1. The van der Waals surface area contributed by atoms with Crippen LogP contribution < -0.4 is 11.3 Å². The highest BCUT2D eigenvalue weighted by Crippen LogP contribution is 2.35. The molecule has 0 radical (unpaired) electrons. The molecule has 5 aromatic rings. The van der Waals surface area contributed by atoms with Crippen LogP contribution in [0.25, 0.3) is 33.2 Å². The number of hydrogen-bond acceptors (Lipinski definition) is 6. The van der Waals surface area contributed by atoms with E-state index in [1.54, 1.807) is 27.8 Å². The van der Waals surface area contributed by atoms with Gasteiger partial charge in [0.25, 0.3) is 5.56 Å². The third kappa shape index (κ3) is 3.48. The number of aromatic amines is 1. The van der Waals surface area contributed by atoms with Crippen LogP contribution in [-0.4, -0.2) is 29.8 Å². The molecule has 5 rings (SSSR count). The number of H-pyrrole nitrogens is 1. The van der Waals surface area contributed by atoms with Crippen LogP contribution in [0.15, 0.2) is 65.7 Å². The van der Waals surface area contributed by atoms with Crippen molar-refractivity contribution in [1.29, 1.82) is 5.26 Å². The first-order chi connectivity index (χ1) is 16.1. The summed E-state index contributed by atoms with van der Waals surface area (Å²) in [5, 5.41) is 26.7. The fraction of sp³-hybridized carbons (Fsp3) is 0.125. The predicted octanol–water partition coefficient (Wildman–Crippen LogP) is 2.57. The Morgan fingerprint density at radius 2 is 1.85 bits per heavy atom. The average molecular weight is 436 g/mol. The van der Waals surface area contributed by atoms with Crippen molar-refractivity contribution in [3.63, 3.8) is 0 Å². The summed E-state index contributed by atoms with van der Waals surface area (Å²) >= 11 is 0. The van der Waals surface area contributed by atoms with Crippen LogP contribution >= 0.6 is 0 Å². The minimum absolute atomic E-state index is 0.196. The van der Waals surface area contributed by atoms with Crippen LogP contribution in [0.2, 0.25) is 0 Å². The van der Waals surface area contributed by atoms with Crippen molar-refractivity contribution in [2.24, 2.45) is 12.8 Å². The molecule has 33 heavy (non-hydrogen) atoms. The lowest BCUT2D eigenvalue weighted by atomic mass is 9.99. The highest BCUT2D eigenvalue weighted by atomic mass is 16.1. The Morgan fingerprint density at radius 1 is 1.06 bits per heavy atom. The number of benzene rings is 2. The number of aromatic nitrogens is 6. The lowest BCUT2D eigenvalue weighted by Gasteiger charge is -2.09. The maximum Gasteiger partial charge on any atom is 0.272 e. The molecule has 0 aliphatic carbocycles. The van der Waals surface area contributed by atoms with Gasteiger partial charge in [-0.05, 0) is 23.3 Å². The topological polar surface area (TPSA) is 131 Å². The van der Waals surface area contributed by atoms with Crippen LogP contribution in [-0.2, 0) is 20.1 Å². The number of nitrogens with one attached hydrogen (secondary N) is 1. The number of nitrogens with zero attached hydrogens (tertiary/aromatic N) is 6. The van der Waals surface area contributed by atoms with Gasteiger partial charge in [0.2, 0.25) is 0 Å². The first-order valence-corrected chi connectivity index (χ1v) is 10.3. The maximum atomic E-state index is 12.2. The average Bonchev–Trinajstić information content (AvgIpc) is 3.42. The number of fused-ring (bicyclic) bond motifs is 1. The standard InChI is InChI=1S/C24H20N8O/c1-31-23(20-13-28-32(22(20)11-26)14-15-5-3-2-4-6-15)19(12-27-31)16-7-8-17-18(9-16)21(10-25)29-30-24(17)33/h2-9,12-13H,10,14,25H2,1H3,(H,30,33). The Morgan fingerprint density at radius 3 is 2.61 bits per heavy atom. The Kier molecular flexibility index (Phi) is 5.05. The zero-order valence-electron chi connectivity index (χ0n) is 17.9. The molecule has 3 heterocycles. The van der Waals surface area contributed by atoms with Crippen LogP contribution in [0.1, 0.15) is 17.0 Å². The molecule has 3 aromatic heterocycles.